The molecule has 0 radical (unpaired) electrons. The van der Waals surface area contributed by atoms with E-state index in [2.05, 4.69) is 53.5 Å². The maximum atomic E-state index is 12.7. The highest BCUT2D eigenvalue weighted by Gasteiger charge is 2.50. The number of phosphoric ester groups is 3. The zero-order valence-electron chi connectivity index (χ0n) is 35.3. The lowest BCUT2D eigenvalue weighted by atomic mass is 9.87. The van der Waals surface area contributed by atoms with Crippen molar-refractivity contribution in [1.82, 2.24) is 30.2 Å². The van der Waals surface area contributed by atoms with Crippen LogP contribution in [0, 0.1) is 5.41 Å². The number of allylic oxidation sites excluding steroid dienone is 2. The topological polar surface area (TPSA) is 364 Å². The number of hydrogen-bond acceptors (Lipinski definition) is 18. The number of carbonyl (C=O) groups excluding carboxylic acids is 3. The third-order valence-corrected chi connectivity index (χ3v) is 13.5. The van der Waals surface area contributed by atoms with E-state index in [-0.39, 0.29) is 41.6 Å². The Labute approximate surface area is 368 Å². The van der Waals surface area contributed by atoms with Crippen molar-refractivity contribution in [1.29, 1.82) is 0 Å². The number of hydrogen-bond donors (Lipinski definition) is 9. The van der Waals surface area contributed by atoms with Crippen molar-refractivity contribution in [3.05, 3.63) is 24.8 Å². The minimum atomic E-state index is -5.57. The van der Waals surface area contributed by atoms with E-state index < -0.39 is 84.6 Å². The second-order valence-electron chi connectivity index (χ2n) is 15.2. The van der Waals surface area contributed by atoms with Gasteiger partial charge in [0.25, 0.3) is 0 Å². The van der Waals surface area contributed by atoms with Gasteiger partial charge in [-0.25, -0.2) is 28.6 Å². The molecule has 0 bridgehead atoms. The molecule has 3 unspecified atom stereocenters. The largest absolute Gasteiger partial charge is 0.481 e. The Morgan fingerprint density at radius 2 is 1.62 bits per heavy atom. The van der Waals surface area contributed by atoms with Gasteiger partial charge in [-0.3, -0.25) is 32.5 Å². The number of anilines is 1. The third-order valence-electron chi connectivity index (χ3n) is 9.42. The number of aliphatic hydroxyl groups excluding tert-OH is 2. The van der Waals surface area contributed by atoms with Crippen LogP contribution in [0.4, 0.5) is 5.82 Å². The number of aliphatic hydroxyl groups is 2. The van der Waals surface area contributed by atoms with E-state index in [0.717, 1.165) is 67.5 Å². The number of nitrogen functional groups attached to an aromatic ring is 1. The molecule has 3 rings (SSSR count). The molecule has 28 heteroatoms. The summed E-state index contributed by atoms with van der Waals surface area (Å²) in [6, 6.07) is 0. The van der Waals surface area contributed by atoms with Crippen molar-refractivity contribution in [2.24, 2.45) is 5.41 Å². The number of thioether (sulfide) groups is 1. The summed E-state index contributed by atoms with van der Waals surface area (Å²) in [7, 11) is -16.4. The van der Waals surface area contributed by atoms with Crippen molar-refractivity contribution < 1.29 is 80.5 Å². The Balaban J connectivity index is 1.36. The van der Waals surface area contributed by atoms with Gasteiger partial charge in [0.05, 0.1) is 19.5 Å². The molecule has 2 aromatic heterocycles. The number of nitrogens with two attached hydrogens (primary N) is 1. The summed E-state index contributed by atoms with van der Waals surface area (Å²) in [5.74, 6) is -1.03. The number of fused-ring (bicyclic) bond motifs is 1. The molecule has 0 aromatic carbocycles. The third kappa shape index (κ3) is 19.4. The normalized spacial score (nSPS) is 20.7. The average Bonchev–Trinajstić information content (AvgIpc) is 3.76. The van der Waals surface area contributed by atoms with Crippen LogP contribution in [0.3, 0.4) is 0 Å². The first-order chi connectivity index (χ1) is 29.6. The fourth-order valence-electron chi connectivity index (χ4n) is 6.07. The number of aromatic nitrogens is 4. The molecule has 24 nitrogen and oxygen atoms in total. The standard InChI is InChI=1S/C35H60N7O17P3S/c1-4-5-6-7-8-9-10-11-12-13-14-15-26(44)63-19-18-37-25(43)16-17-38-33(47)30(46)35(2,3)21-56-62(53,54)59-61(51,52)55-20-24-29(58-60(48,49)50)28(45)34(57-24)42-23-41-27-31(36)39-22-40-32(27)42/h5-6,22-24,28-30,34,45-46H,4,7-21H2,1-3H3,(H,37,43)(H,38,47)(H,51,52)(H,53,54)(H2,36,39,40)(H2,48,49,50)/b6-5+/t24-,28-,29-,30?,34-/m1/s1. The average molecular weight is 976 g/mol. The van der Waals surface area contributed by atoms with Crippen LogP contribution < -0.4 is 16.4 Å². The number of ether oxygens (including phenoxy) is 1. The fourth-order valence-corrected chi connectivity index (χ4v) is 9.62. The molecule has 1 aliphatic heterocycles. The Bertz CT molecular complexity index is 1970. The number of imidazole rings is 1. The summed E-state index contributed by atoms with van der Waals surface area (Å²) in [6.45, 7) is 2.69. The number of nitrogens with zero attached hydrogens (tertiary/aromatic N) is 4. The van der Waals surface area contributed by atoms with E-state index in [0.29, 0.717) is 12.2 Å². The summed E-state index contributed by atoms with van der Waals surface area (Å²) >= 11 is 1.15. The lowest BCUT2D eigenvalue weighted by Crippen LogP contribution is -2.46. The van der Waals surface area contributed by atoms with Gasteiger partial charge in [0.1, 0.15) is 36.3 Å². The highest BCUT2D eigenvalue weighted by Crippen LogP contribution is 2.61. The number of unbranched alkanes of at least 4 members (excludes halogenated alkanes) is 7. The predicted molar refractivity (Wildman–Crippen MR) is 228 cm³/mol. The lowest BCUT2D eigenvalue weighted by molar-refractivity contribution is -0.137. The van der Waals surface area contributed by atoms with Gasteiger partial charge < -0.3 is 50.9 Å². The molecular weight excluding hydrogens is 915 g/mol. The predicted octanol–water partition coefficient (Wildman–Crippen LogP) is 3.14. The van der Waals surface area contributed by atoms with Crippen molar-refractivity contribution in [2.45, 2.75) is 122 Å². The van der Waals surface area contributed by atoms with E-state index in [1.165, 1.54) is 33.1 Å². The minimum Gasteiger partial charge on any atom is -0.386 e. The maximum absolute atomic E-state index is 12.7. The van der Waals surface area contributed by atoms with Crippen molar-refractivity contribution in [3.63, 3.8) is 0 Å². The van der Waals surface area contributed by atoms with Crippen LogP contribution >= 0.6 is 35.2 Å². The molecule has 2 aromatic rings. The molecule has 1 saturated heterocycles. The van der Waals surface area contributed by atoms with E-state index in [9.17, 15) is 57.9 Å². The SMILES string of the molecule is CC/C=C/CCCCCCCCCC(=O)SCCNC(=O)CCNC(=O)C(O)C(C)(C)COP(=O)(O)OP(=O)(O)OC[C@H]1O[C@@H](n2cnc3c(N)ncnc32)[C@H](O)[C@@H]1OP(=O)(O)O. The van der Waals surface area contributed by atoms with E-state index in [1.54, 1.807) is 0 Å². The minimum absolute atomic E-state index is 0.0327. The Hall–Kier alpha value is -2.70. The van der Waals surface area contributed by atoms with Crippen LogP contribution in [0.15, 0.2) is 24.8 Å². The first kappa shape index (κ1) is 54.6. The van der Waals surface area contributed by atoms with Gasteiger partial charge in [-0.15, -0.1) is 0 Å². The van der Waals surface area contributed by atoms with E-state index >= 15 is 0 Å². The Morgan fingerprint density at radius 3 is 2.30 bits per heavy atom. The zero-order chi connectivity index (χ0) is 46.8. The molecule has 358 valence electrons. The van der Waals surface area contributed by atoms with Gasteiger partial charge in [0.2, 0.25) is 11.8 Å². The smallest absolute Gasteiger partial charge is 0.386 e. The summed E-state index contributed by atoms with van der Waals surface area (Å²) < 4.78 is 62.3. The number of carbonyl (C=O) groups is 3. The van der Waals surface area contributed by atoms with Crippen LogP contribution in [0.25, 0.3) is 11.2 Å². The Morgan fingerprint density at radius 1 is 0.952 bits per heavy atom. The summed E-state index contributed by atoms with van der Waals surface area (Å²) in [5.41, 5.74) is 4.28. The molecule has 1 aliphatic rings. The van der Waals surface area contributed by atoms with E-state index in [1.807, 2.05) is 0 Å². The fraction of sp³-hybridized carbons (Fsp3) is 0.714. The lowest BCUT2D eigenvalue weighted by Gasteiger charge is -2.30. The highest BCUT2D eigenvalue weighted by molar-refractivity contribution is 8.13. The molecular formula is C35H60N7O17P3S. The highest BCUT2D eigenvalue weighted by atomic mass is 32.2. The Kier molecular flexibility index (Phi) is 22.4. The molecule has 0 spiro atoms. The molecule has 1 fully saturated rings. The molecule has 2 amide bonds. The second kappa shape index (κ2) is 25.9. The first-order valence-electron chi connectivity index (χ1n) is 20.3. The number of rotatable bonds is 30. The second-order valence-corrected chi connectivity index (χ2v) is 20.6. The molecule has 3 heterocycles. The number of amides is 2. The molecule has 10 N–H and O–H groups in total. The first-order valence-corrected chi connectivity index (χ1v) is 25.8. The van der Waals surface area contributed by atoms with Gasteiger partial charge in [-0.2, -0.15) is 4.31 Å². The van der Waals surface area contributed by atoms with Gasteiger partial charge in [-0.1, -0.05) is 76.8 Å². The van der Waals surface area contributed by atoms with Gasteiger partial charge in [0, 0.05) is 37.1 Å². The van der Waals surface area contributed by atoms with Crippen molar-refractivity contribution in [3.8, 4) is 0 Å². The van der Waals surface area contributed by atoms with Crippen molar-refractivity contribution >= 4 is 69.1 Å². The number of phosphoric acid groups is 3. The van der Waals surface area contributed by atoms with Crippen molar-refractivity contribution in [2.75, 3.05) is 37.8 Å². The van der Waals surface area contributed by atoms with Crippen LogP contribution in [-0.2, 0) is 50.7 Å². The van der Waals surface area contributed by atoms with Gasteiger partial charge in [0.15, 0.2) is 22.8 Å². The van der Waals surface area contributed by atoms with Gasteiger partial charge in [-0.05, 0) is 25.7 Å². The number of nitrogens with one attached hydrogen (secondary N) is 2. The molecule has 63 heavy (non-hydrogen) atoms. The van der Waals surface area contributed by atoms with E-state index in [4.69, 9.17) is 19.5 Å². The van der Waals surface area contributed by atoms with Gasteiger partial charge >= 0.3 is 23.5 Å². The maximum Gasteiger partial charge on any atom is 0.481 e. The molecule has 0 aliphatic carbocycles. The van der Waals surface area contributed by atoms with Crippen LogP contribution in [0.5, 0.6) is 0 Å². The summed E-state index contributed by atoms with van der Waals surface area (Å²) in [4.78, 5) is 88.1. The van der Waals surface area contributed by atoms with Crippen LogP contribution in [0.1, 0.15) is 97.6 Å². The zero-order valence-corrected chi connectivity index (χ0v) is 38.8. The quantitative estimate of drug-likeness (QED) is 0.0308. The van der Waals surface area contributed by atoms with Crippen LogP contribution in [0.2, 0.25) is 0 Å². The summed E-state index contributed by atoms with van der Waals surface area (Å²) in [5, 5.41) is 26.6. The molecule has 7 atom stereocenters. The van der Waals surface area contributed by atoms with Crippen LogP contribution in [-0.4, -0.2) is 123 Å². The summed E-state index contributed by atoms with van der Waals surface area (Å²) in [6.07, 6.45) is 7.92. The monoisotopic (exact) mass is 975 g/mol. The molecule has 0 saturated carbocycles.